The molecule has 2 saturated heterocycles. The van der Waals surface area contributed by atoms with E-state index in [1.54, 1.807) is 7.11 Å². The molecule has 1 aromatic carbocycles. The van der Waals surface area contributed by atoms with Crippen molar-refractivity contribution in [1.82, 2.24) is 15.1 Å². The van der Waals surface area contributed by atoms with Crippen molar-refractivity contribution < 1.29 is 27.5 Å². The van der Waals surface area contributed by atoms with Gasteiger partial charge in [0.05, 0.1) is 17.7 Å². The summed E-state index contributed by atoms with van der Waals surface area (Å²) < 4.78 is 44.3. The molecule has 2 amide bonds. The molecule has 2 atom stereocenters. The van der Waals surface area contributed by atoms with E-state index in [4.69, 9.17) is 4.74 Å². The fourth-order valence-corrected chi connectivity index (χ4v) is 4.25. The molecule has 0 spiro atoms. The van der Waals surface area contributed by atoms with Gasteiger partial charge >= 0.3 is 6.18 Å². The highest BCUT2D eigenvalue weighted by atomic mass is 19.4. The summed E-state index contributed by atoms with van der Waals surface area (Å²) in [4.78, 5) is 28.8. The van der Waals surface area contributed by atoms with Crippen LogP contribution in [0.1, 0.15) is 48.0 Å². The Bertz CT molecular complexity index is 766. The molecule has 2 aliphatic rings. The average Bonchev–Trinajstić information content (AvgIpc) is 3.29. The summed E-state index contributed by atoms with van der Waals surface area (Å²) >= 11 is 0. The summed E-state index contributed by atoms with van der Waals surface area (Å²) in [5.41, 5.74) is -0.866. The fraction of sp³-hybridized carbons (Fsp3) is 0.636. The van der Waals surface area contributed by atoms with Gasteiger partial charge in [0.25, 0.3) is 5.91 Å². The van der Waals surface area contributed by atoms with E-state index in [1.165, 1.54) is 12.1 Å². The number of carbonyl (C=O) groups is 2. The summed E-state index contributed by atoms with van der Waals surface area (Å²) in [6.07, 6.45) is -0.660. The van der Waals surface area contributed by atoms with E-state index in [0.29, 0.717) is 19.4 Å². The molecule has 0 unspecified atom stereocenters. The monoisotopic (exact) mass is 441 g/mol. The number of amides is 2. The first-order chi connectivity index (χ1) is 14.8. The van der Waals surface area contributed by atoms with E-state index in [9.17, 15) is 22.8 Å². The highest BCUT2D eigenvalue weighted by Gasteiger charge is 2.33. The van der Waals surface area contributed by atoms with Crippen LogP contribution >= 0.6 is 0 Å². The molecular formula is C22H30F3N3O3. The second-order valence-corrected chi connectivity index (χ2v) is 8.21. The molecule has 31 heavy (non-hydrogen) atoms. The third-order valence-corrected chi connectivity index (χ3v) is 6.04. The number of likely N-dealkylation sites (tertiary alicyclic amines) is 2. The Morgan fingerprint density at radius 3 is 2.61 bits per heavy atom. The molecule has 0 saturated carbocycles. The number of ether oxygens (including phenoxy) is 1. The maximum Gasteiger partial charge on any atom is 0.416 e. The van der Waals surface area contributed by atoms with Gasteiger partial charge in [-0.1, -0.05) is 6.07 Å². The first kappa shape index (κ1) is 23.5. The molecule has 1 aromatic rings. The van der Waals surface area contributed by atoms with Crippen molar-refractivity contribution >= 4 is 11.8 Å². The number of hydrogen-bond donors (Lipinski definition) is 1. The van der Waals surface area contributed by atoms with Crippen LogP contribution in [0.5, 0.6) is 0 Å². The van der Waals surface area contributed by atoms with Gasteiger partial charge in [0.2, 0.25) is 5.91 Å². The second-order valence-electron chi connectivity index (χ2n) is 8.21. The lowest BCUT2D eigenvalue weighted by atomic mass is 10.00. The predicted molar refractivity (Wildman–Crippen MR) is 110 cm³/mol. The molecular weight excluding hydrogens is 411 g/mol. The highest BCUT2D eigenvalue weighted by Crippen LogP contribution is 2.29. The molecule has 2 heterocycles. The number of benzene rings is 1. The summed E-state index contributed by atoms with van der Waals surface area (Å²) in [5, 5.41) is 2.83. The topological polar surface area (TPSA) is 61.9 Å². The van der Waals surface area contributed by atoms with Crippen molar-refractivity contribution in [2.45, 2.75) is 50.4 Å². The van der Waals surface area contributed by atoms with Crippen LogP contribution in [0.4, 0.5) is 13.2 Å². The molecule has 0 bridgehead atoms. The molecule has 0 aromatic heterocycles. The minimum atomic E-state index is -4.49. The number of rotatable bonds is 7. The zero-order chi connectivity index (χ0) is 22.4. The van der Waals surface area contributed by atoms with Gasteiger partial charge in [0, 0.05) is 45.3 Å². The van der Waals surface area contributed by atoms with Crippen LogP contribution in [-0.4, -0.2) is 73.6 Å². The number of nitrogens with one attached hydrogen (secondary N) is 1. The van der Waals surface area contributed by atoms with Crippen LogP contribution in [0, 0.1) is 0 Å². The summed E-state index contributed by atoms with van der Waals surface area (Å²) in [7, 11) is 1.56. The Morgan fingerprint density at radius 2 is 1.94 bits per heavy atom. The number of carbonyl (C=O) groups excluding carboxylic acids is 2. The normalized spacial score (nSPS) is 22.5. The van der Waals surface area contributed by atoms with Crippen molar-refractivity contribution in [2.24, 2.45) is 0 Å². The number of hydrogen-bond acceptors (Lipinski definition) is 4. The van der Waals surface area contributed by atoms with E-state index in [1.807, 2.05) is 4.90 Å². The highest BCUT2D eigenvalue weighted by molar-refractivity contribution is 5.94. The zero-order valence-electron chi connectivity index (χ0n) is 17.8. The number of methoxy groups -OCH3 is 1. The molecule has 6 nitrogen and oxygen atoms in total. The number of halogens is 3. The Hall–Kier alpha value is -2.13. The zero-order valence-corrected chi connectivity index (χ0v) is 17.8. The van der Waals surface area contributed by atoms with Gasteiger partial charge in [0.1, 0.15) is 0 Å². The quantitative estimate of drug-likeness (QED) is 0.707. The smallest absolute Gasteiger partial charge is 0.378 e. The molecule has 1 N–H and O–H groups in total. The van der Waals surface area contributed by atoms with Gasteiger partial charge in [-0.15, -0.1) is 0 Å². The van der Waals surface area contributed by atoms with E-state index in [0.717, 1.165) is 57.6 Å². The van der Waals surface area contributed by atoms with Crippen LogP contribution < -0.4 is 5.32 Å². The van der Waals surface area contributed by atoms with Crippen LogP contribution in [-0.2, 0) is 15.7 Å². The molecule has 2 fully saturated rings. The summed E-state index contributed by atoms with van der Waals surface area (Å²) in [5.74, 6) is -0.327. The Kier molecular flexibility index (Phi) is 7.94. The van der Waals surface area contributed by atoms with Crippen LogP contribution in [0.2, 0.25) is 0 Å². The standard InChI is InChI=1S/C22H30F3N3O3/c1-31-19-15-27(10-5-8-20(29)28-11-2-3-12-28)13-9-18(19)26-21(30)16-6-4-7-17(14-16)22(23,24)25/h4,6-7,14,18-19H,2-3,5,8-13,15H2,1H3,(H,26,30)/t18-,19+/m1/s1. The minimum absolute atomic E-state index is 0.0208. The van der Waals surface area contributed by atoms with Gasteiger partial charge < -0.3 is 19.9 Å². The third kappa shape index (κ3) is 6.43. The average molecular weight is 441 g/mol. The van der Waals surface area contributed by atoms with Gasteiger partial charge in [-0.25, -0.2) is 0 Å². The third-order valence-electron chi connectivity index (χ3n) is 6.04. The Balaban J connectivity index is 1.48. The first-order valence-electron chi connectivity index (χ1n) is 10.8. The van der Waals surface area contributed by atoms with Gasteiger partial charge in [-0.3, -0.25) is 9.59 Å². The first-order valence-corrected chi connectivity index (χ1v) is 10.8. The lowest BCUT2D eigenvalue weighted by Crippen LogP contribution is -2.55. The Labute approximate surface area is 180 Å². The van der Waals surface area contributed by atoms with Crippen molar-refractivity contribution in [3.8, 4) is 0 Å². The van der Waals surface area contributed by atoms with Crippen LogP contribution in [0.3, 0.4) is 0 Å². The van der Waals surface area contributed by atoms with E-state index >= 15 is 0 Å². The van der Waals surface area contributed by atoms with Crippen molar-refractivity contribution in [3.63, 3.8) is 0 Å². The maximum absolute atomic E-state index is 12.9. The lowest BCUT2D eigenvalue weighted by Gasteiger charge is -2.38. The second kappa shape index (κ2) is 10.5. The van der Waals surface area contributed by atoms with Crippen molar-refractivity contribution in [3.05, 3.63) is 35.4 Å². The molecule has 0 radical (unpaired) electrons. The predicted octanol–water partition coefficient (Wildman–Crippen LogP) is 2.93. The fourth-order valence-electron chi connectivity index (χ4n) is 4.25. The number of piperidine rings is 1. The Morgan fingerprint density at radius 1 is 1.19 bits per heavy atom. The number of alkyl halides is 3. The van der Waals surface area contributed by atoms with E-state index in [2.05, 4.69) is 10.2 Å². The van der Waals surface area contributed by atoms with E-state index < -0.39 is 17.6 Å². The molecule has 9 heteroatoms. The minimum Gasteiger partial charge on any atom is -0.378 e. The molecule has 172 valence electrons. The summed E-state index contributed by atoms with van der Waals surface area (Å²) in [6.45, 7) is 3.82. The van der Waals surface area contributed by atoms with Gasteiger partial charge in [-0.2, -0.15) is 13.2 Å². The lowest BCUT2D eigenvalue weighted by molar-refractivity contribution is -0.137. The maximum atomic E-state index is 12.9. The van der Waals surface area contributed by atoms with Crippen LogP contribution in [0.15, 0.2) is 24.3 Å². The SMILES string of the molecule is CO[C@H]1CN(CCCC(=O)N2CCCC2)CC[C@H]1NC(=O)c1cccc(C(F)(F)F)c1. The molecule has 2 aliphatic heterocycles. The van der Waals surface area contributed by atoms with E-state index in [-0.39, 0.29) is 23.6 Å². The van der Waals surface area contributed by atoms with Crippen molar-refractivity contribution in [1.29, 1.82) is 0 Å². The van der Waals surface area contributed by atoms with Gasteiger partial charge in [0.15, 0.2) is 0 Å². The van der Waals surface area contributed by atoms with Gasteiger partial charge in [-0.05, 0) is 50.4 Å². The summed E-state index contributed by atoms with van der Waals surface area (Å²) in [6, 6.07) is 4.14. The number of nitrogens with zero attached hydrogens (tertiary/aromatic N) is 2. The largest absolute Gasteiger partial charge is 0.416 e. The van der Waals surface area contributed by atoms with Crippen molar-refractivity contribution in [2.75, 3.05) is 39.8 Å². The molecule has 3 rings (SSSR count). The molecule has 0 aliphatic carbocycles. The van der Waals surface area contributed by atoms with Crippen LogP contribution in [0.25, 0.3) is 0 Å².